The number of aliphatic hydroxyl groups is 1. The van der Waals surface area contributed by atoms with Crippen molar-refractivity contribution in [3.05, 3.63) is 75.3 Å². The molecule has 2 aromatic rings. The lowest BCUT2D eigenvalue weighted by atomic mass is 9.95. The second kappa shape index (κ2) is 11.5. The number of likely N-dealkylation sites (tertiary alicyclic amines) is 1. The average molecular weight is 510 g/mol. The Morgan fingerprint density at radius 3 is 2.32 bits per heavy atom. The van der Waals surface area contributed by atoms with Crippen molar-refractivity contribution in [2.45, 2.75) is 32.4 Å². The first-order valence-corrected chi connectivity index (χ1v) is 12.4. The molecule has 1 amide bonds. The van der Waals surface area contributed by atoms with Gasteiger partial charge in [0.05, 0.1) is 35.9 Å². The zero-order valence-corrected chi connectivity index (χ0v) is 21.0. The normalized spacial score (nSPS) is 20.0. The first-order chi connectivity index (χ1) is 17.8. The summed E-state index contributed by atoms with van der Waals surface area (Å²) >= 11 is 0. The van der Waals surface area contributed by atoms with Crippen molar-refractivity contribution in [2.24, 2.45) is 0 Å². The Morgan fingerprint density at radius 2 is 1.73 bits per heavy atom. The van der Waals surface area contributed by atoms with Crippen LogP contribution in [0.15, 0.2) is 54.1 Å². The molecule has 0 radical (unpaired) electrons. The SMILES string of the molecule is CC(C)Oc1ccc(C(O)=C2C(=O)C(=O)N(CCCN3CCOCC3)[C@H]2c2ccc([N+](=O)[O-])cc2)cc1. The van der Waals surface area contributed by atoms with Crippen LogP contribution in [0.5, 0.6) is 5.75 Å². The molecule has 0 saturated carbocycles. The summed E-state index contributed by atoms with van der Waals surface area (Å²) in [6.07, 6.45) is 0.599. The molecule has 10 heteroatoms. The maximum Gasteiger partial charge on any atom is 0.295 e. The minimum Gasteiger partial charge on any atom is -0.507 e. The molecule has 2 aliphatic heterocycles. The Kier molecular flexibility index (Phi) is 8.20. The summed E-state index contributed by atoms with van der Waals surface area (Å²) < 4.78 is 11.0. The Morgan fingerprint density at radius 1 is 1.08 bits per heavy atom. The summed E-state index contributed by atoms with van der Waals surface area (Å²) in [6.45, 7) is 7.76. The number of amides is 1. The van der Waals surface area contributed by atoms with Crippen LogP contribution in [-0.2, 0) is 14.3 Å². The van der Waals surface area contributed by atoms with E-state index in [0.29, 0.717) is 43.1 Å². The molecule has 4 rings (SSSR count). The number of benzene rings is 2. The number of nitro groups is 1. The number of morpholine rings is 1. The number of non-ortho nitro benzene ring substituents is 1. The monoisotopic (exact) mass is 509 g/mol. The summed E-state index contributed by atoms with van der Waals surface area (Å²) in [4.78, 5) is 40.7. The Bertz CT molecular complexity index is 1170. The number of aliphatic hydroxyl groups excluding tert-OH is 1. The molecule has 1 atom stereocenters. The number of nitro benzene ring substituents is 1. The highest BCUT2D eigenvalue weighted by Crippen LogP contribution is 2.40. The Labute approximate surface area is 215 Å². The predicted molar refractivity (Wildman–Crippen MR) is 136 cm³/mol. The predicted octanol–water partition coefficient (Wildman–Crippen LogP) is 3.53. The highest BCUT2D eigenvalue weighted by molar-refractivity contribution is 6.46. The van der Waals surface area contributed by atoms with Gasteiger partial charge in [-0.2, -0.15) is 0 Å². The third-order valence-corrected chi connectivity index (χ3v) is 6.44. The van der Waals surface area contributed by atoms with Crippen molar-refractivity contribution in [3.8, 4) is 5.75 Å². The van der Waals surface area contributed by atoms with E-state index in [-0.39, 0.29) is 23.1 Å². The van der Waals surface area contributed by atoms with Gasteiger partial charge in [-0.05, 0) is 62.2 Å². The second-order valence-electron chi connectivity index (χ2n) is 9.34. The number of hydrogen-bond acceptors (Lipinski definition) is 8. The van der Waals surface area contributed by atoms with E-state index in [1.807, 2.05) is 13.8 Å². The molecule has 2 fully saturated rings. The largest absolute Gasteiger partial charge is 0.507 e. The quantitative estimate of drug-likeness (QED) is 0.179. The van der Waals surface area contributed by atoms with Crippen LogP contribution in [0.3, 0.4) is 0 Å². The van der Waals surface area contributed by atoms with Gasteiger partial charge in [0.25, 0.3) is 17.4 Å². The minimum absolute atomic E-state index is 0.0237. The maximum atomic E-state index is 13.2. The van der Waals surface area contributed by atoms with Crippen LogP contribution < -0.4 is 4.74 Å². The molecule has 2 aromatic carbocycles. The van der Waals surface area contributed by atoms with Gasteiger partial charge in [-0.1, -0.05) is 0 Å². The molecule has 196 valence electrons. The zero-order chi connectivity index (χ0) is 26.5. The molecule has 0 bridgehead atoms. The van der Waals surface area contributed by atoms with Gasteiger partial charge in [-0.15, -0.1) is 0 Å². The third kappa shape index (κ3) is 5.98. The van der Waals surface area contributed by atoms with Crippen molar-refractivity contribution in [3.63, 3.8) is 0 Å². The van der Waals surface area contributed by atoms with Gasteiger partial charge in [0.1, 0.15) is 11.5 Å². The number of ketones is 1. The number of carbonyl (C=O) groups excluding carboxylic acids is 2. The standard InChI is InChI=1S/C27H31N3O7/c1-18(2)37-22-10-6-20(7-11-22)25(31)23-24(19-4-8-21(9-5-19)30(34)35)29(27(33)26(23)32)13-3-12-28-14-16-36-17-15-28/h4-11,18,24,31H,3,12-17H2,1-2H3/t24-/m0/s1. The van der Waals surface area contributed by atoms with Gasteiger partial charge in [-0.3, -0.25) is 24.6 Å². The smallest absolute Gasteiger partial charge is 0.295 e. The molecule has 2 saturated heterocycles. The van der Waals surface area contributed by atoms with Crippen LogP contribution in [0.25, 0.3) is 5.76 Å². The molecule has 0 spiro atoms. The van der Waals surface area contributed by atoms with E-state index in [1.165, 1.54) is 29.2 Å². The van der Waals surface area contributed by atoms with Crippen LogP contribution >= 0.6 is 0 Å². The maximum absolute atomic E-state index is 13.2. The van der Waals surface area contributed by atoms with Crippen LogP contribution in [0.2, 0.25) is 0 Å². The van der Waals surface area contributed by atoms with Gasteiger partial charge >= 0.3 is 0 Å². The van der Waals surface area contributed by atoms with Crippen molar-refractivity contribution in [1.29, 1.82) is 0 Å². The molecule has 0 aliphatic carbocycles. The van der Waals surface area contributed by atoms with Crippen LogP contribution in [0, 0.1) is 10.1 Å². The first kappa shape index (κ1) is 26.3. The molecular formula is C27H31N3O7. The average Bonchev–Trinajstić information content (AvgIpc) is 3.14. The minimum atomic E-state index is -0.864. The number of nitrogens with zero attached hydrogens (tertiary/aromatic N) is 3. The first-order valence-electron chi connectivity index (χ1n) is 12.4. The second-order valence-corrected chi connectivity index (χ2v) is 9.34. The lowest BCUT2D eigenvalue weighted by molar-refractivity contribution is -0.384. The fourth-order valence-corrected chi connectivity index (χ4v) is 4.64. The fourth-order valence-electron chi connectivity index (χ4n) is 4.64. The van der Waals surface area contributed by atoms with Gasteiger partial charge in [0, 0.05) is 43.9 Å². The van der Waals surface area contributed by atoms with Crippen molar-refractivity contribution >= 4 is 23.1 Å². The fraction of sp³-hybridized carbons (Fsp3) is 0.407. The van der Waals surface area contributed by atoms with E-state index in [2.05, 4.69) is 4.90 Å². The van der Waals surface area contributed by atoms with Crippen molar-refractivity contribution < 1.29 is 29.1 Å². The summed E-state index contributed by atoms with van der Waals surface area (Å²) in [5, 5.41) is 22.4. The highest BCUT2D eigenvalue weighted by Gasteiger charge is 2.46. The number of carbonyl (C=O) groups is 2. The number of rotatable bonds is 9. The molecule has 1 N–H and O–H groups in total. The van der Waals surface area contributed by atoms with Gasteiger partial charge in [0.15, 0.2) is 0 Å². The van der Waals surface area contributed by atoms with Crippen molar-refractivity contribution in [1.82, 2.24) is 9.80 Å². The summed E-state index contributed by atoms with van der Waals surface area (Å²) in [5.74, 6) is -1.17. The van der Waals surface area contributed by atoms with Gasteiger partial charge in [0.2, 0.25) is 0 Å². The van der Waals surface area contributed by atoms with E-state index < -0.39 is 22.7 Å². The summed E-state index contributed by atoms with van der Waals surface area (Å²) in [6, 6.07) is 11.5. The molecule has 2 aliphatic rings. The zero-order valence-electron chi connectivity index (χ0n) is 21.0. The van der Waals surface area contributed by atoms with E-state index in [1.54, 1.807) is 24.3 Å². The topological polar surface area (TPSA) is 122 Å². The Hall–Kier alpha value is -3.76. The van der Waals surface area contributed by atoms with E-state index in [9.17, 15) is 24.8 Å². The molecule has 2 heterocycles. The van der Waals surface area contributed by atoms with Gasteiger partial charge in [-0.25, -0.2) is 0 Å². The van der Waals surface area contributed by atoms with Crippen LogP contribution in [-0.4, -0.2) is 77.0 Å². The highest BCUT2D eigenvalue weighted by atomic mass is 16.6. The molecule has 10 nitrogen and oxygen atoms in total. The van der Waals surface area contributed by atoms with Gasteiger partial charge < -0.3 is 19.5 Å². The lowest BCUT2D eigenvalue weighted by Crippen LogP contribution is -2.38. The molecule has 37 heavy (non-hydrogen) atoms. The third-order valence-electron chi connectivity index (χ3n) is 6.44. The van der Waals surface area contributed by atoms with Crippen LogP contribution in [0.4, 0.5) is 5.69 Å². The number of ether oxygens (including phenoxy) is 2. The van der Waals surface area contributed by atoms with Crippen LogP contribution in [0.1, 0.15) is 37.4 Å². The molecule has 0 unspecified atom stereocenters. The Balaban J connectivity index is 1.66. The van der Waals surface area contributed by atoms with E-state index in [0.717, 1.165) is 19.6 Å². The molecule has 0 aromatic heterocycles. The number of Topliss-reactive ketones (excluding diaryl/α,β-unsaturated/α-hetero) is 1. The molecular weight excluding hydrogens is 478 g/mol. The number of hydrogen-bond donors (Lipinski definition) is 1. The summed E-state index contributed by atoms with van der Waals surface area (Å²) in [7, 11) is 0. The van der Waals surface area contributed by atoms with E-state index in [4.69, 9.17) is 9.47 Å². The van der Waals surface area contributed by atoms with E-state index >= 15 is 0 Å². The van der Waals surface area contributed by atoms with Crippen molar-refractivity contribution in [2.75, 3.05) is 39.4 Å². The summed E-state index contributed by atoms with van der Waals surface area (Å²) in [5.41, 5.74) is 0.739. The lowest BCUT2D eigenvalue weighted by Gasteiger charge is -2.29.